The Labute approximate surface area is 157 Å². The molecule has 1 heterocycles. The summed E-state index contributed by atoms with van der Waals surface area (Å²) in [6.45, 7) is 3.95. The Kier molecular flexibility index (Phi) is 7.64. The molecule has 0 spiro atoms. The van der Waals surface area contributed by atoms with Crippen LogP contribution in [0.2, 0.25) is 0 Å². The van der Waals surface area contributed by atoms with E-state index < -0.39 is 6.16 Å². The van der Waals surface area contributed by atoms with Crippen molar-refractivity contribution in [3.8, 4) is 17.6 Å². The fourth-order valence-electron chi connectivity index (χ4n) is 2.41. The van der Waals surface area contributed by atoms with Crippen molar-refractivity contribution in [1.82, 2.24) is 4.90 Å². The number of methoxy groups -OCH3 is 1. The predicted molar refractivity (Wildman–Crippen MR) is 96.3 cm³/mol. The monoisotopic (exact) mass is 374 g/mol. The molecule has 2 rings (SSSR count). The number of benzene rings is 1. The van der Waals surface area contributed by atoms with Crippen LogP contribution in [0.15, 0.2) is 23.8 Å². The summed E-state index contributed by atoms with van der Waals surface area (Å²) in [5.74, 6) is 0.130. The molecule has 0 radical (unpaired) electrons. The quantitative estimate of drug-likeness (QED) is 0.326. The van der Waals surface area contributed by atoms with Crippen molar-refractivity contribution < 1.29 is 28.5 Å². The van der Waals surface area contributed by atoms with Crippen LogP contribution in [0.5, 0.6) is 11.5 Å². The van der Waals surface area contributed by atoms with E-state index in [1.54, 1.807) is 17.0 Å². The van der Waals surface area contributed by atoms with E-state index in [1.165, 1.54) is 19.3 Å². The third-order valence-electron chi connectivity index (χ3n) is 3.77. The average molecular weight is 374 g/mol. The van der Waals surface area contributed by atoms with E-state index in [4.69, 9.17) is 18.9 Å². The summed E-state index contributed by atoms with van der Waals surface area (Å²) in [5, 5.41) is 9.36. The Balaban J connectivity index is 2.17. The van der Waals surface area contributed by atoms with Crippen molar-refractivity contribution in [3.63, 3.8) is 0 Å². The smallest absolute Gasteiger partial charge is 0.493 e. The van der Waals surface area contributed by atoms with Gasteiger partial charge in [-0.3, -0.25) is 4.79 Å². The molecular weight excluding hydrogens is 352 g/mol. The Bertz CT molecular complexity index is 747. The zero-order chi connectivity index (χ0) is 19.6. The molecule has 1 aliphatic rings. The molecule has 8 nitrogen and oxygen atoms in total. The summed E-state index contributed by atoms with van der Waals surface area (Å²) in [7, 11) is 1.43. The minimum Gasteiger partial charge on any atom is -0.493 e. The van der Waals surface area contributed by atoms with Crippen molar-refractivity contribution >= 4 is 18.1 Å². The molecule has 0 saturated carbocycles. The Morgan fingerprint density at radius 1 is 1.30 bits per heavy atom. The van der Waals surface area contributed by atoms with E-state index >= 15 is 0 Å². The highest BCUT2D eigenvalue weighted by Gasteiger charge is 2.21. The number of nitrogens with zero attached hydrogens (tertiary/aromatic N) is 2. The van der Waals surface area contributed by atoms with E-state index in [-0.39, 0.29) is 29.6 Å². The van der Waals surface area contributed by atoms with Crippen LogP contribution in [0, 0.1) is 11.3 Å². The lowest BCUT2D eigenvalue weighted by molar-refractivity contribution is -0.130. The van der Waals surface area contributed by atoms with Crippen molar-refractivity contribution in [3.05, 3.63) is 29.3 Å². The first-order valence-electron chi connectivity index (χ1n) is 8.60. The van der Waals surface area contributed by atoms with E-state index in [1.807, 2.05) is 13.0 Å². The van der Waals surface area contributed by atoms with Crippen LogP contribution in [-0.2, 0) is 14.3 Å². The highest BCUT2D eigenvalue weighted by atomic mass is 16.7. The molecule has 1 aromatic rings. The average Bonchev–Trinajstić information content (AvgIpc) is 2.71. The molecule has 27 heavy (non-hydrogen) atoms. The number of hydrogen-bond acceptors (Lipinski definition) is 7. The van der Waals surface area contributed by atoms with Gasteiger partial charge in [-0.1, -0.05) is 13.0 Å². The largest absolute Gasteiger partial charge is 0.513 e. The van der Waals surface area contributed by atoms with Crippen LogP contribution in [0.25, 0.3) is 6.08 Å². The second-order valence-electron chi connectivity index (χ2n) is 5.69. The molecular formula is C19H22N2O6. The molecule has 0 bridgehead atoms. The highest BCUT2D eigenvalue weighted by Crippen LogP contribution is 2.29. The molecule has 8 heteroatoms. The minimum atomic E-state index is -0.821. The second-order valence-corrected chi connectivity index (χ2v) is 5.69. The molecule has 144 valence electrons. The standard InChI is InChI=1S/C19H22N2O6/c1-3-8-26-19(23)27-16-5-4-14(12-17(16)24-2)11-15(13-20)18(22)21-6-9-25-10-7-21/h4-5,11-12H,3,6-10H2,1-2H3/b15-11+. The van der Waals surface area contributed by atoms with Gasteiger partial charge in [0.05, 0.1) is 26.9 Å². The van der Waals surface area contributed by atoms with Gasteiger partial charge in [0.15, 0.2) is 11.5 Å². The van der Waals surface area contributed by atoms with Gasteiger partial charge in [0.25, 0.3) is 5.91 Å². The SMILES string of the molecule is CCCOC(=O)Oc1ccc(/C=C(\C#N)C(=O)N2CCOCC2)cc1OC. The van der Waals surface area contributed by atoms with Crippen LogP contribution < -0.4 is 9.47 Å². The van der Waals surface area contributed by atoms with Crippen molar-refractivity contribution in [2.75, 3.05) is 40.0 Å². The van der Waals surface area contributed by atoms with Crippen molar-refractivity contribution in [2.24, 2.45) is 0 Å². The third kappa shape index (κ3) is 5.72. The lowest BCUT2D eigenvalue weighted by atomic mass is 10.1. The Morgan fingerprint density at radius 2 is 2.04 bits per heavy atom. The van der Waals surface area contributed by atoms with Gasteiger partial charge in [-0.05, 0) is 30.2 Å². The zero-order valence-electron chi connectivity index (χ0n) is 15.4. The van der Waals surface area contributed by atoms with Crippen LogP contribution in [0.4, 0.5) is 4.79 Å². The Morgan fingerprint density at radius 3 is 2.67 bits per heavy atom. The number of rotatable bonds is 6. The van der Waals surface area contributed by atoms with Crippen molar-refractivity contribution in [2.45, 2.75) is 13.3 Å². The molecule has 0 unspecified atom stereocenters. The summed E-state index contributed by atoms with van der Waals surface area (Å²) in [4.78, 5) is 25.6. The molecule has 1 aliphatic heterocycles. The van der Waals surface area contributed by atoms with Gasteiger partial charge in [-0.2, -0.15) is 5.26 Å². The van der Waals surface area contributed by atoms with Gasteiger partial charge in [0.1, 0.15) is 11.6 Å². The third-order valence-corrected chi connectivity index (χ3v) is 3.77. The molecule has 1 aromatic carbocycles. The number of ether oxygens (including phenoxy) is 4. The molecule has 0 atom stereocenters. The molecule has 0 aliphatic carbocycles. The van der Waals surface area contributed by atoms with Gasteiger partial charge in [0, 0.05) is 13.1 Å². The lowest BCUT2D eigenvalue weighted by Crippen LogP contribution is -2.41. The van der Waals surface area contributed by atoms with Crippen LogP contribution in [0.3, 0.4) is 0 Å². The van der Waals surface area contributed by atoms with Gasteiger partial charge < -0.3 is 23.8 Å². The molecule has 0 aromatic heterocycles. The predicted octanol–water partition coefficient (Wildman–Crippen LogP) is 2.39. The summed E-state index contributed by atoms with van der Waals surface area (Å²) in [6, 6.07) is 6.65. The maximum absolute atomic E-state index is 12.5. The number of amides is 1. The van der Waals surface area contributed by atoms with Crippen LogP contribution >= 0.6 is 0 Å². The topological polar surface area (TPSA) is 98.1 Å². The maximum atomic E-state index is 12.5. The minimum absolute atomic E-state index is 0.00924. The first-order chi connectivity index (χ1) is 13.1. The van der Waals surface area contributed by atoms with Gasteiger partial charge >= 0.3 is 6.16 Å². The fourth-order valence-corrected chi connectivity index (χ4v) is 2.41. The van der Waals surface area contributed by atoms with Gasteiger partial charge in [-0.25, -0.2) is 4.79 Å². The number of nitriles is 1. The van der Waals surface area contributed by atoms with E-state index in [0.717, 1.165) is 0 Å². The van der Waals surface area contributed by atoms with E-state index in [2.05, 4.69) is 0 Å². The number of hydrogen-bond donors (Lipinski definition) is 0. The molecule has 0 N–H and O–H groups in total. The van der Waals surface area contributed by atoms with Crippen LogP contribution in [-0.4, -0.2) is 57.0 Å². The zero-order valence-corrected chi connectivity index (χ0v) is 15.4. The number of carbonyl (C=O) groups is 2. The fraction of sp³-hybridized carbons (Fsp3) is 0.421. The number of morpholine rings is 1. The molecule has 1 amide bonds. The first-order valence-corrected chi connectivity index (χ1v) is 8.60. The lowest BCUT2D eigenvalue weighted by Gasteiger charge is -2.26. The van der Waals surface area contributed by atoms with Gasteiger partial charge in [0.2, 0.25) is 0 Å². The molecule has 1 saturated heterocycles. The van der Waals surface area contributed by atoms with Crippen LogP contribution in [0.1, 0.15) is 18.9 Å². The van der Waals surface area contributed by atoms with E-state index in [9.17, 15) is 14.9 Å². The Hall–Kier alpha value is -3.05. The van der Waals surface area contributed by atoms with E-state index in [0.29, 0.717) is 38.3 Å². The summed E-state index contributed by atoms with van der Waals surface area (Å²) < 4.78 is 20.4. The van der Waals surface area contributed by atoms with Gasteiger partial charge in [-0.15, -0.1) is 0 Å². The summed E-state index contributed by atoms with van der Waals surface area (Å²) >= 11 is 0. The molecule has 1 fully saturated rings. The normalized spacial score (nSPS) is 14.3. The first kappa shape index (κ1) is 20.3. The number of carbonyl (C=O) groups excluding carboxylic acids is 2. The summed E-state index contributed by atoms with van der Waals surface area (Å²) in [6.07, 6.45) is 1.34. The second kappa shape index (κ2) is 10.2. The maximum Gasteiger partial charge on any atom is 0.513 e. The highest BCUT2D eigenvalue weighted by molar-refractivity contribution is 6.01. The van der Waals surface area contributed by atoms with Crippen molar-refractivity contribution in [1.29, 1.82) is 5.26 Å². The summed E-state index contributed by atoms with van der Waals surface area (Å²) in [5.41, 5.74) is 0.578.